The Bertz CT molecular complexity index is 514. The van der Waals surface area contributed by atoms with E-state index in [1.165, 1.54) is 0 Å². The van der Waals surface area contributed by atoms with Gasteiger partial charge in [-0.25, -0.2) is 4.79 Å². The van der Waals surface area contributed by atoms with E-state index in [0.29, 0.717) is 13.1 Å². The van der Waals surface area contributed by atoms with Crippen molar-refractivity contribution in [2.45, 2.75) is 26.4 Å². The third-order valence-corrected chi connectivity index (χ3v) is 2.73. The number of anilines is 1. The molecule has 0 bridgehead atoms. The summed E-state index contributed by atoms with van der Waals surface area (Å²) in [7, 11) is 1.72. The fourth-order valence-electron chi connectivity index (χ4n) is 1.71. The van der Waals surface area contributed by atoms with E-state index in [4.69, 9.17) is 0 Å². The lowest BCUT2D eigenvalue weighted by Crippen LogP contribution is -2.36. The molecule has 6 nitrogen and oxygen atoms in total. The van der Waals surface area contributed by atoms with Gasteiger partial charge in [0.1, 0.15) is 0 Å². The number of rotatable bonds is 6. The molecule has 0 aliphatic heterocycles. The first-order chi connectivity index (χ1) is 10.5. The number of urea groups is 1. The summed E-state index contributed by atoms with van der Waals surface area (Å²) in [5.74, 6) is 0.721. The number of aliphatic imine (C=N–C) groups is 1. The highest BCUT2D eigenvalue weighted by molar-refractivity contribution is 14.0. The first kappa shape index (κ1) is 21.2. The Kier molecular flexibility index (Phi) is 10.8. The van der Waals surface area contributed by atoms with Crippen LogP contribution in [0.1, 0.15) is 19.4 Å². The Morgan fingerprint density at radius 2 is 1.91 bits per heavy atom. The zero-order valence-corrected chi connectivity index (χ0v) is 16.2. The Morgan fingerprint density at radius 1 is 1.26 bits per heavy atom. The molecule has 0 aliphatic carbocycles. The molecule has 1 aromatic carbocycles. The fourth-order valence-corrected chi connectivity index (χ4v) is 1.71. The molecule has 0 heterocycles. The fraction of sp³-hybridized carbons (Fsp3) is 0.375. The minimum Gasteiger partial charge on any atom is -0.353 e. The van der Waals surface area contributed by atoms with Gasteiger partial charge in [0.05, 0.1) is 0 Å². The van der Waals surface area contributed by atoms with E-state index in [1.54, 1.807) is 13.1 Å². The van der Waals surface area contributed by atoms with Gasteiger partial charge in [0.2, 0.25) is 0 Å². The first-order valence-electron chi connectivity index (χ1n) is 7.27. The van der Waals surface area contributed by atoms with Crippen LogP contribution in [0.15, 0.2) is 41.9 Å². The molecule has 0 atom stereocenters. The summed E-state index contributed by atoms with van der Waals surface area (Å²) in [4.78, 5) is 15.7. The number of nitrogens with one attached hydrogen (secondary N) is 4. The second-order valence-electron chi connectivity index (χ2n) is 5.05. The molecule has 4 N–H and O–H groups in total. The van der Waals surface area contributed by atoms with Crippen molar-refractivity contribution < 1.29 is 4.79 Å². The monoisotopic (exact) mass is 431 g/mol. The average Bonchev–Trinajstić information content (AvgIpc) is 2.48. The average molecular weight is 431 g/mol. The lowest BCUT2D eigenvalue weighted by molar-refractivity contribution is 0.250. The Labute approximate surface area is 155 Å². The lowest BCUT2D eigenvalue weighted by atomic mass is 10.2. The molecule has 0 spiro atoms. The summed E-state index contributed by atoms with van der Waals surface area (Å²) in [6.07, 6.45) is 1.77. The largest absolute Gasteiger partial charge is 0.353 e. The molecule has 23 heavy (non-hydrogen) atoms. The molecular weight excluding hydrogens is 405 g/mol. The highest BCUT2D eigenvalue weighted by atomic mass is 127. The predicted octanol–water partition coefficient (Wildman–Crippen LogP) is 2.69. The standard InChI is InChI=1S/C16H25N5O.HI/c1-5-10-18-15(17-4)19-11-13-6-8-14(9-7-13)21-16(22)20-12(2)3;/h5-9,12H,1,10-11H2,2-4H3,(H2,17,18,19)(H2,20,21,22);1H. The van der Waals surface area contributed by atoms with Gasteiger partial charge in [-0.2, -0.15) is 0 Å². The topological polar surface area (TPSA) is 77.6 Å². The zero-order chi connectivity index (χ0) is 16.4. The van der Waals surface area contributed by atoms with Crippen molar-refractivity contribution in [3.8, 4) is 0 Å². The Hall–Kier alpha value is -1.77. The summed E-state index contributed by atoms with van der Waals surface area (Å²) in [5.41, 5.74) is 1.85. The number of carbonyl (C=O) groups is 1. The van der Waals surface area contributed by atoms with Crippen molar-refractivity contribution >= 4 is 41.7 Å². The molecular formula is C16H26IN5O. The molecule has 0 unspecified atom stereocenters. The van der Waals surface area contributed by atoms with E-state index >= 15 is 0 Å². The molecule has 1 aromatic rings. The van der Waals surface area contributed by atoms with Gasteiger partial charge in [-0.3, -0.25) is 4.99 Å². The third kappa shape index (κ3) is 9.07. The van der Waals surface area contributed by atoms with Gasteiger partial charge in [-0.15, -0.1) is 30.6 Å². The van der Waals surface area contributed by atoms with Crippen LogP contribution in [0.25, 0.3) is 0 Å². The normalized spacial score (nSPS) is 10.5. The molecule has 0 saturated carbocycles. The predicted molar refractivity (Wildman–Crippen MR) is 108 cm³/mol. The number of benzene rings is 1. The maximum atomic E-state index is 11.6. The zero-order valence-electron chi connectivity index (χ0n) is 13.8. The number of amides is 2. The maximum absolute atomic E-state index is 11.6. The Morgan fingerprint density at radius 3 is 2.43 bits per heavy atom. The van der Waals surface area contributed by atoms with Crippen LogP contribution in [0.3, 0.4) is 0 Å². The van der Waals surface area contributed by atoms with Crippen LogP contribution < -0.4 is 21.3 Å². The highest BCUT2D eigenvalue weighted by Crippen LogP contribution is 2.09. The number of hydrogen-bond donors (Lipinski definition) is 4. The van der Waals surface area contributed by atoms with Gasteiger partial charge in [0.15, 0.2) is 5.96 Å². The van der Waals surface area contributed by atoms with Crippen LogP contribution in [0.4, 0.5) is 10.5 Å². The van der Waals surface area contributed by atoms with Crippen LogP contribution in [0.2, 0.25) is 0 Å². The summed E-state index contributed by atoms with van der Waals surface area (Å²) in [6, 6.07) is 7.57. The van der Waals surface area contributed by atoms with Crippen molar-refractivity contribution in [1.82, 2.24) is 16.0 Å². The number of nitrogens with zero attached hydrogens (tertiary/aromatic N) is 1. The molecule has 7 heteroatoms. The van der Waals surface area contributed by atoms with Crippen molar-refractivity contribution in [2.75, 3.05) is 18.9 Å². The van der Waals surface area contributed by atoms with Crippen molar-refractivity contribution in [2.24, 2.45) is 4.99 Å². The first-order valence-corrected chi connectivity index (χ1v) is 7.27. The van der Waals surface area contributed by atoms with Crippen molar-refractivity contribution in [3.63, 3.8) is 0 Å². The minimum absolute atomic E-state index is 0. The molecule has 128 valence electrons. The molecule has 0 saturated heterocycles. The number of hydrogen-bond acceptors (Lipinski definition) is 2. The number of guanidine groups is 1. The van der Waals surface area contributed by atoms with Crippen LogP contribution in [0, 0.1) is 0 Å². The second kappa shape index (κ2) is 11.8. The smallest absolute Gasteiger partial charge is 0.319 e. The maximum Gasteiger partial charge on any atom is 0.319 e. The molecule has 0 aliphatic rings. The van der Waals surface area contributed by atoms with E-state index in [1.807, 2.05) is 38.1 Å². The van der Waals surface area contributed by atoms with Crippen LogP contribution in [-0.2, 0) is 6.54 Å². The number of carbonyl (C=O) groups excluding carboxylic acids is 1. The number of halogens is 1. The van der Waals surface area contributed by atoms with E-state index in [0.717, 1.165) is 17.2 Å². The third-order valence-electron chi connectivity index (χ3n) is 2.73. The Balaban J connectivity index is 0.00000484. The van der Waals surface area contributed by atoms with Gasteiger partial charge in [-0.1, -0.05) is 18.2 Å². The van der Waals surface area contributed by atoms with Crippen LogP contribution >= 0.6 is 24.0 Å². The van der Waals surface area contributed by atoms with Gasteiger partial charge in [-0.05, 0) is 31.5 Å². The SMILES string of the molecule is C=CCNC(=NC)NCc1ccc(NC(=O)NC(C)C)cc1.I. The molecule has 0 aromatic heterocycles. The van der Waals surface area contributed by atoms with Gasteiger partial charge in [0.25, 0.3) is 0 Å². The van der Waals surface area contributed by atoms with Crippen molar-refractivity contribution in [1.29, 1.82) is 0 Å². The molecule has 0 fully saturated rings. The van der Waals surface area contributed by atoms with Gasteiger partial charge >= 0.3 is 6.03 Å². The summed E-state index contributed by atoms with van der Waals surface area (Å²) < 4.78 is 0. The van der Waals surface area contributed by atoms with E-state index < -0.39 is 0 Å². The summed E-state index contributed by atoms with van der Waals surface area (Å²) >= 11 is 0. The summed E-state index contributed by atoms with van der Waals surface area (Å²) in [6.45, 7) is 8.80. The molecule has 2 amide bonds. The van der Waals surface area contributed by atoms with Crippen LogP contribution in [-0.4, -0.2) is 31.6 Å². The van der Waals surface area contributed by atoms with Gasteiger partial charge < -0.3 is 21.3 Å². The van der Waals surface area contributed by atoms with E-state index in [2.05, 4.69) is 32.8 Å². The van der Waals surface area contributed by atoms with Crippen molar-refractivity contribution in [3.05, 3.63) is 42.5 Å². The van der Waals surface area contributed by atoms with E-state index in [9.17, 15) is 4.79 Å². The highest BCUT2D eigenvalue weighted by Gasteiger charge is 2.03. The second-order valence-corrected chi connectivity index (χ2v) is 5.05. The molecule has 0 radical (unpaired) electrons. The van der Waals surface area contributed by atoms with E-state index in [-0.39, 0.29) is 36.0 Å². The van der Waals surface area contributed by atoms with Crippen LogP contribution in [0.5, 0.6) is 0 Å². The van der Waals surface area contributed by atoms with Gasteiger partial charge in [0, 0.05) is 31.9 Å². The minimum atomic E-state index is -0.199. The molecule has 1 rings (SSSR count). The summed E-state index contributed by atoms with van der Waals surface area (Å²) in [5, 5.41) is 11.9. The lowest BCUT2D eigenvalue weighted by Gasteiger charge is -2.12. The quantitative estimate of drug-likeness (QED) is 0.242.